The fourth-order valence-corrected chi connectivity index (χ4v) is 4.35. The maximum absolute atomic E-state index is 16.0. The van der Waals surface area contributed by atoms with Gasteiger partial charge in [0, 0.05) is 27.8 Å². The molecule has 0 atom stereocenters. The van der Waals surface area contributed by atoms with E-state index in [4.69, 9.17) is 15.0 Å². The zero-order chi connectivity index (χ0) is 25.0. The normalized spacial score (nSPS) is 10.8. The number of rotatable bonds is 5. The first kappa shape index (κ1) is 22.5. The number of benzene rings is 5. The first-order chi connectivity index (χ1) is 18.3. The molecule has 0 bridgehead atoms. The van der Waals surface area contributed by atoms with Crippen molar-refractivity contribution in [3.8, 4) is 56.4 Å². The average Bonchev–Trinajstić information content (AvgIpc) is 2.99. The van der Waals surface area contributed by atoms with E-state index >= 15 is 4.39 Å². The van der Waals surface area contributed by atoms with E-state index in [2.05, 4.69) is 0 Å². The summed E-state index contributed by atoms with van der Waals surface area (Å²) in [6.45, 7) is 0. The summed E-state index contributed by atoms with van der Waals surface area (Å²) in [5, 5.41) is 0. The van der Waals surface area contributed by atoms with Crippen LogP contribution in [0.3, 0.4) is 0 Å². The van der Waals surface area contributed by atoms with Crippen molar-refractivity contribution in [2.24, 2.45) is 0 Å². The van der Waals surface area contributed by atoms with Gasteiger partial charge in [0.25, 0.3) is 0 Å². The summed E-state index contributed by atoms with van der Waals surface area (Å²) in [5.41, 5.74) is 5.07. The number of hydrogen-bond donors (Lipinski definition) is 0. The SMILES string of the molecule is Fc1c(-c2ccccc2)cc(-c2nc(-c3ccccc3)nc(-c3ccccc3)n2)cc1-c1ccccc1. The molecule has 5 aromatic carbocycles. The molecule has 1 heterocycles. The Morgan fingerprint density at radius 1 is 0.351 bits per heavy atom. The van der Waals surface area contributed by atoms with Gasteiger partial charge in [-0.2, -0.15) is 0 Å². The van der Waals surface area contributed by atoms with Gasteiger partial charge in [0.1, 0.15) is 5.82 Å². The lowest BCUT2D eigenvalue weighted by atomic mass is 9.95. The molecule has 176 valence electrons. The van der Waals surface area contributed by atoms with E-state index in [9.17, 15) is 0 Å². The Balaban J connectivity index is 1.61. The molecule has 6 aromatic rings. The molecule has 0 N–H and O–H groups in total. The molecule has 3 nitrogen and oxygen atoms in total. The van der Waals surface area contributed by atoms with Gasteiger partial charge in [-0.05, 0) is 23.3 Å². The smallest absolute Gasteiger partial charge is 0.164 e. The second-order valence-corrected chi connectivity index (χ2v) is 8.66. The Morgan fingerprint density at radius 2 is 0.649 bits per heavy atom. The Labute approximate surface area is 215 Å². The van der Waals surface area contributed by atoms with Crippen LogP contribution >= 0.6 is 0 Å². The van der Waals surface area contributed by atoms with E-state index < -0.39 is 0 Å². The van der Waals surface area contributed by atoms with Gasteiger partial charge < -0.3 is 0 Å². The summed E-state index contributed by atoms with van der Waals surface area (Å²) in [4.78, 5) is 14.5. The van der Waals surface area contributed by atoms with Crippen LogP contribution < -0.4 is 0 Å². The molecule has 0 saturated heterocycles. The highest BCUT2D eigenvalue weighted by Gasteiger charge is 2.18. The fourth-order valence-electron chi connectivity index (χ4n) is 4.35. The average molecular weight is 480 g/mol. The van der Waals surface area contributed by atoms with Crippen molar-refractivity contribution in [1.29, 1.82) is 0 Å². The van der Waals surface area contributed by atoms with Gasteiger partial charge in [0.15, 0.2) is 17.5 Å². The van der Waals surface area contributed by atoms with Gasteiger partial charge in [-0.1, -0.05) is 121 Å². The number of nitrogens with zero attached hydrogens (tertiary/aromatic N) is 3. The zero-order valence-electron chi connectivity index (χ0n) is 19.9. The van der Waals surface area contributed by atoms with Crippen LogP contribution in [0, 0.1) is 5.82 Å². The van der Waals surface area contributed by atoms with E-state index in [-0.39, 0.29) is 5.82 Å². The summed E-state index contributed by atoms with van der Waals surface area (Å²) in [5.74, 6) is 1.34. The Bertz CT molecular complexity index is 1530. The summed E-state index contributed by atoms with van der Waals surface area (Å²) < 4.78 is 16.0. The van der Waals surface area contributed by atoms with Crippen molar-refractivity contribution in [2.45, 2.75) is 0 Å². The molecule has 0 saturated carbocycles. The van der Waals surface area contributed by atoms with Crippen molar-refractivity contribution in [3.63, 3.8) is 0 Å². The van der Waals surface area contributed by atoms with Crippen molar-refractivity contribution in [2.75, 3.05) is 0 Å². The van der Waals surface area contributed by atoms with E-state index in [0.717, 1.165) is 27.8 Å². The molecular weight excluding hydrogens is 457 g/mol. The van der Waals surface area contributed by atoms with Gasteiger partial charge in [-0.15, -0.1) is 0 Å². The highest BCUT2D eigenvalue weighted by molar-refractivity contribution is 5.81. The van der Waals surface area contributed by atoms with E-state index in [1.54, 1.807) is 0 Å². The van der Waals surface area contributed by atoms with Gasteiger partial charge in [-0.25, -0.2) is 19.3 Å². The minimum atomic E-state index is -0.276. The van der Waals surface area contributed by atoms with Crippen LogP contribution in [0.1, 0.15) is 0 Å². The molecule has 0 aliphatic heterocycles. The van der Waals surface area contributed by atoms with E-state index in [0.29, 0.717) is 28.6 Å². The Kier molecular flexibility index (Phi) is 6.05. The van der Waals surface area contributed by atoms with Crippen molar-refractivity contribution in [3.05, 3.63) is 139 Å². The predicted molar refractivity (Wildman–Crippen MR) is 147 cm³/mol. The van der Waals surface area contributed by atoms with Crippen molar-refractivity contribution >= 4 is 0 Å². The molecule has 0 radical (unpaired) electrons. The van der Waals surface area contributed by atoms with Crippen LogP contribution in [0.4, 0.5) is 4.39 Å². The van der Waals surface area contributed by atoms with Gasteiger partial charge in [0.2, 0.25) is 0 Å². The fraction of sp³-hybridized carbons (Fsp3) is 0. The van der Waals surface area contributed by atoms with Crippen LogP contribution in [0.15, 0.2) is 133 Å². The highest BCUT2D eigenvalue weighted by atomic mass is 19.1. The summed E-state index contributed by atoms with van der Waals surface area (Å²) in [6, 6.07) is 42.5. The third kappa shape index (κ3) is 4.65. The van der Waals surface area contributed by atoms with Gasteiger partial charge in [0.05, 0.1) is 0 Å². The number of hydrogen-bond acceptors (Lipinski definition) is 3. The molecule has 0 fully saturated rings. The number of halogens is 1. The predicted octanol–water partition coefficient (Wildman–Crippen LogP) is 8.35. The lowest BCUT2D eigenvalue weighted by Crippen LogP contribution is -2.01. The second-order valence-electron chi connectivity index (χ2n) is 8.66. The molecule has 1 aromatic heterocycles. The third-order valence-corrected chi connectivity index (χ3v) is 6.20. The third-order valence-electron chi connectivity index (χ3n) is 6.20. The summed E-state index contributed by atoms with van der Waals surface area (Å²) in [7, 11) is 0. The minimum absolute atomic E-state index is 0.276. The standard InChI is InChI=1S/C33H22FN3/c34-30-28(23-13-5-1-6-14-23)21-27(22-29(30)24-15-7-2-8-16-24)33-36-31(25-17-9-3-10-18-25)35-32(37-33)26-19-11-4-12-20-26/h1-22H. The van der Waals surface area contributed by atoms with Gasteiger partial charge >= 0.3 is 0 Å². The van der Waals surface area contributed by atoms with E-state index in [1.807, 2.05) is 133 Å². The van der Waals surface area contributed by atoms with Gasteiger partial charge in [-0.3, -0.25) is 0 Å². The Morgan fingerprint density at radius 3 is 1.00 bits per heavy atom. The molecule has 0 spiro atoms. The molecule has 0 aliphatic carbocycles. The largest absolute Gasteiger partial charge is 0.208 e. The van der Waals surface area contributed by atoms with Crippen LogP contribution in [0.5, 0.6) is 0 Å². The maximum atomic E-state index is 16.0. The second kappa shape index (κ2) is 9.96. The first-order valence-electron chi connectivity index (χ1n) is 12.1. The van der Waals surface area contributed by atoms with E-state index in [1.165, 1.54) is 0 Å². The monoisotopic (exact) mass is 479 g/mol. The number of aromatic nitrogens is 3. The van der Waals surface area contributed by atoms with Crippen molar-refractivity contribution < 1.29 is 4.39 Å². The quantitative estimate of drug-likeness (QED) is 0.249. The molecule has 37 heavy (non-hydrogen) atoms. The molecular formula is C33H22FN3. The van der Waals surface area contributed by atoms with Crippen LogP contribution in [-0.4, -0.2) is 15.0 Å². The minimum Gasteiger partial charge on any atom is -0.208 e. The molecule has 4 heteroatoms. The topological polar surface area (TPSA) is 38.7 Å². The molecule has 6 rings (SSSR count). The molecule has 0 amide bonds. The highest BCUT2D eigenvalue weighted by Crippen LogP contribution is 2.36. The van der Waals surface area contributed by atoms with Crippen LogP contribution in [0.2, 0.25) is 0 Å². The molecule has 0 aliphatic rings. The Hall–Kier alpha value is -4.96. The first-order valence-corrected chi connectivity index (χ1v) is 12.1. The maximum Gasteiger partial charge on any atom is 0.164 e. The summed E-state index contributed by atoms with van der Waals surface area (Å²) in [6.07, 6.45) is 0. The van der Waals surface area contributed by atoms with Crippen LogP contribution in [-0.2, 0) is 0 Å². The summed E-state index contributed by atoms with van der Waals surface area (Å²) >= 11 is 0. The van der Waals surface area contributed by atoms with Crippen molar-refractivity contribution in [1.82, 2.24) is 15.0 Å². The zero-order valence-corrected chi connectivity index (χ0v) is 19.9. The van der Waals surface area contributed by atoms with Crippen LogP contribution in [0.25, 0.3) is 56.4 Å². The lowest BCUT2D eigenvalue weighted by molar-refractivity contribution is 0.635. The lowest BCUT2D eigenvalue weighted by Gasteiger charge is -2.14. The molecule has 0 unspecified atom stereocenters.